The highest BCUT2D eigenvalue weighted by Crippen LogP contribution is 2.18. The molecular weight excluding hydrogens is 266 g/mol. The minimum absolute atomic E-state index is 0.00795. The zero-order valence-corrected chi connectivity index (χ0v) is 11.9. The Morgan fingerprint density at radius 1 is 1.19 bits per heavy atom. The summed E-state index contributed by atoms with van der Waals surface area (Å²) in [5, 5.41) is 11.7. The van der Waals surface area contributed by atoms with Gasteiger partial charge in [0, 0.05) is 23.9 Å². The van der Waals surface area contributed by atoms with Crippen molar-refractivity contribution in [3.63, 3.8) is 0 Å². The van der Waals surface area contributed by atoms with Crippen molar-refractivity contribution in [1.29, 1.82) is 0 Å². The Labute approximate surface area is 123 Å². The first-order chi connectivity index (χ1) is 10.0. The minimum Gasteiger partial charge on any atom is -0.409 e. The van der Waals surface area contributed by atoms with Gasteiger partial charge in [-0.25, -0.2) is 0 Å². The second-order valence-corrected chi connectivity index (χ2v) is 4.71. The van der Waals surface area contributed by atoms with Crippen LogP contribution in [0.25, 0.3) is 0 Å². The molecule has 0 aliphatic heterocycles. The predicted octanol–water partition coefficient (Wildman–Crippen LogP) is 2.37. The number of carbonyl (C=O) groups is 1. The summed E-state index contributed by atoms with van der Waals surface area (Å²) in [7, 11) is 1.69. The van der Waals surface area contributed by atoms with Crippen molar-refractivity contribution >= 4 is 17.4 Å². The number of amidine groups is 1. The predicted molar refractivity (Wildman–Crippen MR) is 82.9 cm³/mol. The smallest absolute Gasteiger partial charge is 0.258 e. The van der Waals surface area contributed by atoms with E-state index in [0.717, 1.165) is 5.56 Å². The summed E-state index contributed by atoms with van der Waals surface area (Å²) in [6.07, 6.45) is 0. The molecule has 0 aromatic heterocycles. The van der Waals surface area contributed by atoms with Crippen LogP contribution in [0.1, 0.15) is 21.5 Å². The van der Waals surface area contributed by atoms with Crippen molar-refractivity contribution in [2.45, 2.75) is 6.92 Å². The van der Waals surface area contributed by atoms with Crippen molar-refractivity contribution in [3.05, 3.63) is 65.2 Å². The number of hydrogen-bond acceptors (Lipinski definition) is 3. The van der Waals surface area contributed by atoms with E-state index in [-0.39, 0.29) is 11.7 Å². The lowest BCUT2D eigenvalue weighted by molar-refractivity contribution is 0.0992. The van der Waals surface area contributed by atoms with Gasteiger partial charge in [0.15, 0.2) is 5.84 Å². The highest BCUT2D eigenvalue weighted by molar-refractivity contribution is 6.07. The molecule has 1 amide bonds. The topological polar surface area (TPSA) is 78.9 Å². The van der Waals surface area contributed by atoms with Gasteiger partial charge >= 0.3 is 0 Å². The van der Waals surface area contributed by atoms with Gasteiger partial charge in [-0.3, -0.25) is 4.79 Å². The fourth-order valence-electron chi connectivity index (χ4n) is 2.04. The molecule has 2 rings (SSSR count). The molecule has 108 valence electrons. The summed E-state index contributed by atoms with van der Waals surface area (Å²) in [5.74, 6) is -0.0988. The molecule has 0 heterocycles. The van der Waals surface area contributed by atoms with Crippen molar-refractivity contribution in [1.82, 2.24) is 0 Å². The van der Waals surface area contributed by atoms with Crippen molar-refractivity contribution in [3.8, 4) is 0 Å². The maximum atomic E-state index is 12.5. The number of hydrogen-bond donors (Lipinski definition) is 2. The van der Waals surface area contributed by atoms with Crippen LogP contribution in [0.15, 0.2) is 53.7 Å². The number of nitrogens with zero attached hydrogens (tertiary/aromatic N) is 2. The molecule has 2 aromatic carbocycles. The third-order valence-electron chi connectivity index (χ3n) is 3.32. The molecule has 3 N–H and O–H groups in total. The van der Waals surface area contributed by atoms with Gasteiger partial charge in [0.05, 0.1) is 0 Å². The Morgan fingerprint density at radius 3 is 2.57 bits per heavy atom. The van der Waals surface area contributed by atoms with Crippen LogP contribution in [-0.4, -0.2) is 24.0 Å². The summed E-state index contributed by atoms with van der Waals surface area (Å²) in [6.45, 7) is 1.90. The third kappa shape index (κ3) is 3.02. The van der Waals surface area contributed by atoms with Gasteiger partial charge in [-0.05, 0) is 30.7 Å². The zero-order chi connectivity index (χ0) is 15.4. The molecule has 5 heteroatoms. The van der Waals surface area contributed by atoms with Crippen LogP contribution in [0.2, 0.25) is 0 Å². The Kier molecular flexibility index (Phi) is 4.23. The summed E-state index contributed by atoms with van der Waals surface area (Å²) in [4.78, 5) is 14.1. The number of oxime groups is 1. The molecule has 0 fully saturated rings. The molecule has 0 spiro atoms. The first kappa shape index (κ1) is 14.6. The average molecular weight is 283 g/mol. The first-order valence-corrected chi connectivity index (χ1v) is 6.46. The van der Waals surface area contributed by atoms with Crippen molar-refractivity contribution in [2.75, 3.05) is 11.9 Å². The third-order valence-corrected chi connectivity index (χ3v) is 3.32. The van der Waals surface area contributed by atoms with Crippen LogP contribution in [0.3, 0.4) is 0 Å². The van der Waals surface area contributed by atoms with E-state index in [9.17, 15) is 4.79 Å². The van der Waals surface area contributed by atoms with E-state index < -0.39 is 0 Å². The van der Waals surface area contributed by atoms with Gasteiger partial charge in [0.25, 0.3) is 5.91 Å². The molecule has 0 unspecified atom stereocenters. The molecule has 0 atom stereocenters. The highest BCUT2D eigenvalue weighted by atomic mass is 16.4. The van der Waals surface area contributed by atoms with E-state index in [4.69, 9.17) is 10.9 Å². The van der Waals surface area contributed by atoms with Crippen LogP contribution in [0, 0.1) is 6.92 Å². The standard InChI is InChI=1S/C16H17N3O2/c1-11-6-3-4-9-14(11)16(20)19(2)13-8-5-7-12(10-13)15(17)18-21/h3-10,21H,1-2H3,(H2,17,18). The SMILES string of the molecule is Cc1ccccc1C(=O)N(C)c1cccc(C(N)=NO)c1. The van der Waals surface area contributed by atoms with Crippen LogP contribution in [0.4, 0.5) is 5.69 Å². The molecule has 0 radical (unpaired) electrons. The molecule has 0 saturated heterocycles. The Balaban J connectivity index is 2.34. The van der Waals surface area contributed by atoms with Crippen LogP contribution in [-0.2, 0) is 0 Å². The number of rotatable bonds is 3. The number of aryl methyl sites for hydroxylation is 1. The molecule has 0 aliphatic carbocycles. The van der Waals surface area contributed by atoms with E-state index in [1.807, 2.05) is 25.1 Å². The van der Waals surface area contributed by atoms with Gasteiger partial charge in [-0.15, -0.1) is 0 Å². The van der Waals surface area contributed by atoms with E-state index in [0.29, 0.717) is 16.8 Å². The molecule has 0 aliphatic rings. The maximum Gasteiger partial charge on any atom is 0.258 e. The summed E-state index contributed by atoms with van der Waals surface area (Å²) >= 11 is 0. The summed E-state index contributed by atoms with van der Waals surface area (Å²) in [5.41, 5.74) is 8.37. The molecule has 5 nitrogen and oxygen atoms in total. The Morgan fingerprint density at radius 2 is 1.90 bits per heavy atom. The number of nitrogens with two attached hydrogens (primary N) is 1. The second kappa shape index (κ2) is 6.09. The van der Waals surface area contributed by atoms with Gasteiger partial charge in [0.1, 0.15) is 0 Å². The fraction of sp³-hybridized carbons (Fsp3) is 0.125. The molecular formula is C16H17N3O2. The largest absolute Gasteiger partial charge is 0.409 e. The lowest BCUT2D eigenvalue weighted by Gasteiger charge is -2.19. The van der Waals surface area contributed by atoms with Gasteiger partial charge in [-0.2, -0.15) is 0 Å². The van der Waals surface area contributed by atoms with E-state index in [2.05, 4.69) is 5.16 Å². The number of anilines is 1. The van der Waals surface area contributed by atoms with Crippen LogP contribution >= 0.6 is 0 Å². The number of amides is 1. The van der Waals surface area contributed by atoms with Crippen molar-refractivity contribution < 1.29 is 10.0 Å². The van der Waals surface area contributed by atoms with Crippen LogP contribution < -0.4 is 10.6 Å². The van der Waals surface area contributed by atoms with Gasteiger partial charge < -0.3 is 15.8 Å². The normalized spacial score (nSPS) is 11.2. The minimum atomic E-state index is -0.107. The summed E-state index contributed by atoms with van der Waals surface area (Å²) < 4.78 is 0. The monoisotopic (exact) mass is 283 g/mol. The lowest BCUT2D eigenvalue weighted by atomic mass is 10.1. The average Bonchev–Trinajstić information content (AvgIpc) is 2.53. The molecule has 2 aromatic rings. The fourth-order valence-corrected chi connectivity index (χ4v) is 2.04. The van der Waals surface area contributed by atoms with Crippen molar-refractivity contribution in [2.24, 2.45) is 10.9 Å². The van der Waals surface area contributed by atoms with Gasteiger partial charge in [0.2, 0.25) is 0 Å². The van der Waals surface area contributed by atoms with E-state index in [1.54, 1.807) is 37.4 Å². The number of benzene rings is 2. The second-order valence-electron chi connectivity index (χ2n) is 4.71. The molecule has 21 heavy (non-hydrogen) atoms. The number of carbonyl (C=O) groups excluding carboxylic acids is 1. The first-order valence-electron chi connectivity index (χ1n) is 6.46. The van der Waals surface area contributed by atoms with E-state index >= 15 is 0 Å². The summed E-state index contributed by atoms with van der Waals surface area (Å²) in [6, 6.07) is 14.4. The quantitative estimate of drug-likeness (QED) is 0.393. The highest BCUT2D eigenvalue weighted by Gasteiger charge is 2.15. The van der Waals surface area contributed by atoms with E-state index in [1.165, 1.54) is 4.90 Å². The molecule has 0 saturated carbocycles. The zero-order valence-electron chi connectivity index (χ0n) is 11.9. The lowest BCUT2D eigenvalue weighted by Crippen LogP contribution is -2.27. The Bertz CT molecular complexity index is 695. The maximum absolute atomic E-state index is 12.5. The van der Waals surface area contributed by atoms with Gasteiger partial charge in [-0.1, -0.05) is 35.5 Å². The molecule has 0 bridgehead atoms. The van der Waals surface area contributed by atoms with Crippen LogP contribution in [0.5, 0.6) is 0 Å². The Hall–Kier alpha value is -2.82.